The number of rotatable bonds is 6. The first-order valence-corrected chi connectivity index (χ1v) is 6.87. The quantitative estimate of drug-likeness (QED) is 0.745. The SMILES string of the molecule is CCc1nn(CC)c(CN(C)CC(C)Cl)c1Cl. The highest BCUT2D eigenvalue weighted by Gasteiger charge is 2.16. The van der Waals surface area contributed by atoms with Crippen LogP contribution in [0.4, 0.5) is 0 Å². The lowest BCUT2D eigenvalue weighted by Gasteiger charge is -2.18. The average molecular weight is 278 g/mol. The Kier molecular flexibility index (Phi) is 5.77. The van der Waals surface area contributed by atoms with Crippen LogP contribution in [0.2, 0.25) is 5.02 Å². The van der Waals surface area contributed by atoms with Crippen LogP contribution in [0.3, 0.4) is 0 Å². The van der Waals surface area contributed by atoms with Crippen molar-refractivity contribution in [2.24, 2.45) is 0 Å². The molecule has 3 nitrogen and oxygen atoms in total. The third-order valence-electron chi connectivity index (χ3n) is 2.68. The van der Waals surface area contributed by atoms with E-state index in [0.717, 1.165) is 42.5 Å². The first-order valence-electron chi connectivity index (χ1n) is 6.06. The van der Waals surface area contributed by atoms with E-state index in [1.54, 1.807) is 0 Å². The number of aryl methyl sites for hydroxylation is 2. The zero-order valence-corrected chi connectivity index (χ0v) is 12.5. The summed E-state index contributed by atoms with van der Waals surface area (Å²) in [5, 5.41) is 5.45. The Hall–Kier alpha value is -0.250. The second kappa shape index (κ2) is 6.62. The fraction of sp³-hybridized carbons (Fsp3) is 0.750. The lowest BCUT2D eigenvalue weighted by atomic mass is 10.3. The van der Waals surface area contributed by atoms with Gasteiger partial charge in [-0.25, -0.2) is 0 Å². The molecule has 0 aliphatic heterocycles. The van der Waals surface area contributed by atoms with Crippen LogP contribution in [0.25, 0.3) is 0 Å². The molecule has 0 aliphatic rings. The standard InChI is InChI=1S/C12H21Cl2N3/c1-5-10-12(14)11(17(6-2)15-10)8-16(4)7-9(3)13/h9H,5-8H2,1-4H3. The maximum absolute atomic E-state index is 6.35. The maximum atomic E-state index is 6.35. The van der Waals surface area contributed by atoms with Gasteiger partial charge in [-0.05, 0) is 27.3 Å². The molecule has 5 heteroatoms. The van der Waals surface area contributed by atoms with Gasteiger partial charge in [-0.1, -0.05) is 18.5 Å². The van der Waals surface area contributed by atoms with E-state index in [0.29, 0.717) is 0 Å². The third kappa shape index (κ3) is 3.87. The highest BCUT2D eigenvalue weighted by molar-refractivity contribution is 6.31. The second-order valence-corrected chi connectivity index (χ2v) is 5.48. The summed E-state index contributed by atoms with van der Waals surface area (Å²) in [5.74, 6) is 0. The lowest BCUT2D eigenvalue weighted by Crippen LogP contribution is -2.25. The Bertz CT molecular complexity index is 361. The van der Waals surface area contributed by atoms with Crippen molar-refractivity contribution in [3.63, 3.8) is 0 Å². The molecule has 0 radical (unpaired) electrons. The monoisotopic (exact) mass is 277 g/mol. The molecular formula is C12H21Cl2N3. The maximum Gasteiger partial charge on any atom is 0.0863 e. The van der Waals surface area contributed by atoms with Crippen LogP contribution < -0.4 is 0 Å². The molecule has 1 aromatic rings. The largest absolute Gasteiger partial charge is 0.299 e. The van der Waals surface area contributed by atoms with Gasteiger partial charge in [-0.3, -0.25) is 9.58 Å². The van der Waals surface area contributed by atoms with Crippen LogP contribution in [-0.4, -0.2) is 33.6 Å². The van der Waals surface area contributed by atoms with Gasteiger partial charge in [0, 0.05) is 25.0 Å². The molecule has 17 heavy (non-hydrogen) atoms. The minimum atomic E-state index is 0.141. The molecule has 0 spiro atoms. The van der Waals surface area contributed by atoms with Crippen LogP contribution in [-0.2, 0) is 19.5 Å². The Morgan fingerprint density at radius 1 is 1.41 bits per heavy atom. The molecule has 1 rings (SSSR count). The van der Waals surface area contributed by atoms with Crippen molar-refractivity contribution < 1.29 is 0 Å². The van der Waals surface area contributed by atoms with Gasteiger partial charge in [0.15, 0.2) is 0 Å². The highest BCUT2D eigenvalue weighted by Crippen LogP contribution is 2.22. The normalized spacial score (nSPS) is 13.4. The van der Waals surface area contributed by atoms with Gasteiger partial charge < -0.3 is 0 Å². The topological polar surface area (TPSA) is 21.1 Å². The molecule has 0 aromatic carbocycles. The summed E-state index contributed by atoms with van der Waals surface area (Å²) < 4.78 is 1.98. The van der Waals surface area contributed by atoms with Crippen molar-refractivity contribution in [2.45, 2.75) is 45.7 Å². The van der Waals surface area contributed by atoms with Crippen LogP contribution in [0.5, 0.6) is 0 Å². The molecule has 1 atom stereocenters. The molecule has 1 aromatic heterocycles. The van der Waals surface area contributed by atoms with Crippen molar-refractivity contribution in [1.29, 1.82) is 0 Å². The highest BCUT2D eigenvalue weighted by atomic mass is 35.5. The number of alkyl halides is 1. The van der Waals surface area contributed by atoms with E-state index < -0.39 is 0 Å². The summed E-state index contributed by atoms with van der Waals surface area (Å²) in [6.45, 7) is 8.62. The van der Waals surface area contributed by atoms with E-state index in [1.807, 2.05) is 18.7 Å². The number of nitrogens with zero attached hydrogens (tertiary/aromatic N) is 3. The summed E-state index contributed by atoms with van der Waals surface area (Å²) in [5.41, 5.74) is 2.07. The summed E-state index contributed by atoms with van der Waals surface area (Å²) in [7, 11) is 2.05. The molecule has 1 heterocycles. The van der Waals surface area contributed by atoms with Crippen molar-refractivity contribution in [2.75, 3.05) is 13.6 Å². The molecule has 0 saturated heterocycles. The van der Waals surface area contributed by atoms with Gasteiger partial charge in [-0.15, -0.1) is 11.6 Å². The number of aromatic nitrogens is 2. The lowest BCUT2D eigenvalue weighted by molar-refractivity contribution is 0.318. The van der Waals surface area contributed by atoms with Gasteiger partial charge in [0.1, 0.15) is 0 Å². The van der Waals surface area contributed by atoms with Crippen LogP contribution >= 0.6 is 23.2 Å². The van der Waals surface area contributed by atoms with Crippen LogP contribution in [0.15, 0.2) is 0 Å². The van der Waals surface area contributed by atoms with E-state index in [2.05, 4.69) is 23.8 Å². The molecule has 0 N–H and O–H groups in total. The number of halogens is 2. The van der Waals surface area contributed by atoms with Gasteiger partial charge in [-0.2, -0.15) is 5.10 Å². The molecule has 0 saturated carbocycles. The van der Waals surface area contributed by atoms with E-state index in [1.165, 1.54) is 0 Å². The zero-order valence-electron chi connectivity index (χ0n) is 11.0. The fourth-order valence-electron chi connectivity index (χ4n) is 1.92. The van der Waals surface area contributed by atoms with E-state index in [4.69, 9.17) is 23.2 Å². The Morgan fingerprint density at radius 2 is 2.06 bits per heavy atom. The average Bonchev–Trinajstić information content (AvgIpc) is 2.55. The number of hydrogen-bond acceptors (Lipinski definition) is 2. The smallest absolute Gasteiger partial charge is 0.0863 e. The summed E-state index contributed by atoms with van der Waals surface area (Å²) in [6, 6.07) is 0. The van der Waals surface area contributed by atoms with Crippen molar-refractivity contribution in [1.82, 2.24) is 14.7 Å². The van der Waals surface area contributed by atoms with E-state index in [-0.39, 0.29) is 5.38 Å². The van der Waals surface area contributed by atoms with Gasteiger partial charge in [0.2, 0.25) is 0 Å². The fourth-order valence-corrected chi connectivity index (χ4v) is 2.48. The third-order valence-corrected chi connectivity index (χ3v) is 3.25. The minimum Gasteiger partial charge on any atom is -0.299 e. The van der Waals surface area contributed by atoms with Gasteiger partial charge in [0.05, 0.1) is 16.4 Å². The number of hydrogen-bond donors (Lipinski definition) is 0. The first-order chi connectivity index (χ1) is 7.99. The molecule has 0 bridgehead atoms. The van der Waals surface area contributed by atoms with Gasteiger partial charge >= 0.3 is 0 Å². The Labute approximate surface area is 114 Å². The molecule has 0 fully saturated rings. The second-order valence-electron chi connectivity index (χ2n) is 4.35. The van der Waals surface area contributed by atoms with Crippen LogP contribution in [0, 0.1) is 0 Å². The van der Waals surface area contributed by atoms with Crippen molar-refractivity contribution in [3.05, 3.63) is 16.4 Å². The predicted molar refractivity (Wildman–Crippen MR) is 73.9 cm³/mol. The van der Waals surface area contributed by atoms with Crippen LogP contribution in [0.1, 0.15) is 32.2 Å². The Balaban J connectivity index is 2.85. The van der Waals surface area contributed by atoms with Crippen molar-refractivity contribution >= 4 is 23.2 Å². The molecule has 98 valence electrons. The molecular weight excluding hydrogens is 257 g/mol. The first kappa shape index (κ1) is 14.8. The summed E-state index contributed by atoms with van der Waals surface area (Å²) in [6.07, 6.45) is 0.870. The molecule has 0 aliphatic carbocycles. The van der Waals surface area contributed by atoms with Crippen molar-refractivity contribution in [3.8, 4) is 0 Å². The minimum absolute atomic E-state index is 0.141. The zero-order chi connectivity index (χ0) is 13.0. The molecule has 0 amide bonds. The Morgan fingerprint density at radius 3 is 2.53 bits per heavy atom. The predicted octanol–water partition coefficient (Wildman–Crippen LogP) is 3.18. The molecule has 1 unspecified atom stereocenters. The summed E-state index contributed by atoms with van der Waals surface area (Å²) in [4.78, 5) is 2.17. The van der Waals surface area contributed by atoms with E-state index >= 15 is 0 Å². The van der Waals surface area contributed by atoms with Gasteiger partial charge in [0.25, 0.3) is 0 Å². The summed E-state index contributed by atoms with van der Waals surface area (Å²) >= 11 is 12.3. The van der Waals surface area contributed by atoms with E-state index in [9.17, 15) is 0 Å².